The molecule has 1 aromatic rings. The van der Waals surface area contributed by atoms with E-state index in [0.29, 0.717) is 18.4 Å². The van der Waals surface area contributed by atoms with E-state index in [9.17, 15) is 4.79 Å². The number of rotatable bonds is 6. The van der Waals surface area contributed by atoms with Gasteiger partial charge in [0.25, 0.3) is 0 Å². The Morgan fingerprint density at radius 2 is 1.84 bits per heavy atom. The quantitative estimate of drug-likeness (QED) is 0.539. The van der Waals surface area contributed by atoms with E-state index in [1.54, 1.807) is 24.3 Å². The standard InChI is InChI=1S/C13H14Cl4O2/c14-11(7-3-4-8-13(15,16)17)9-5-1-2-6-10(9)12(18)19/h1-2,5-6,11H,3-4,7-8H2,(H,18,19). The Kier molecular flexibility index (Phi) is 6.75. The minimum absolute atomic E-state index is 0.240. The maximum Gasteiger partial charge on any atom is 0.336 e. The summed E-state index contributed by atoms with van der Waals surface area (Å²) in [4.78, 5) is 11.1. The molecule has 0 radical (unpaired) electrons. The lowest BCUT2D eigenvalue weighted by atomic mass is 10.0. The van der Waals surface area contributed by atoms with Crippen molar-refractivity contribution in [1.82, 2.24) is 0 Å². The third-order valence-corrected chi connectivity index (χ3v) is 3.72. The first-order chi connectivity index (χ1) is 8.81. The fourth-order valence-electron chi connectivity index (χ4n) is 1.77. The van der Waals surface area contributed by atoms with Crippen LogP contribution in [0, 0.1) is 0 Å². The molecule has 1 unspecified atom stereocenters. The minimum atomic E-state index is -1.24. The second-order valence-electron chi connectivity index (χ2n) is 4.22. The summed E-state index contributed by atoms with van der Waals surface area (Å²) < 4.78 is -1.24. The predicted octanol–water partition coefficient (Wildman–Crippen LogP) is 5.60. The Labute approximate surface area is 132 Å². The molecule has 0 aliphatic heterocycles. The lowest BCUT2D eigenvalue weighted by Crippen LogP contribution is -2.05. The van der Waals surface area contributed by atoms with E-state index >= 15 is 0 Å². The Morgan fingerprint density at radius 3 is 2.42 bits per heavy atom. The molecule has 2 nitrogen and oxygen atoms in total. The number of carboxylic acids is 1. The molecule has 106 valence electrons. The first-order valence-electron chi connectivity index (χ1n) is 5.84. The summed E-state index contributed by atoms with van der Waals surface area (Å²) in [6, 6.07) is 6.74. The molecule has 0 aliphatic rings. The normalized spacial score (nSPS) is 13.3. The van der Waals surface area contributed by atoms with Crippen LogP contribution >= 0.6 is 46.4 Å². The van der Waals surface area contributed by atoms with Crippen molar-refractivity contribution in [1.29, 1.82) is 0 Å². The van der Waals surface area contributed by atoms with Gasteiger partial charge in [0.2, 0.25) is 0 Å². The van der Waals surface area contributed by atoms with E-state index < -0.39 is 9.76 Å². The summed E-state index contributed by atoms with van der Waals surface area (Å²) in [6.07, 6.45) is 2.61. The lowest BCUT2D eigenvalue weighted by Gasteiger charge is -2.14. The molecule has 0 aromatic heterocycles. The van der Waals surface area contributed by atoms with Gasteiger partial charge in [0.05, 0.1) is 10.9 Å². The SMILES string of the molecule is O=C(O)c1ccccc1C(Cl)CCCCC(Cl)(Cl)Cl. The zero-order valence-electron chi connectivity index (χ0n) is 10.1. The third-order valence-electron chi connectivity index (χ3n) is 2.70. The lowest BCUT2D eigenvalue weighted by molar-refractivity contribution is 0.0695. The summed E-state index contributed by atoms with van der Waals surface area (Å²) in [7, 11) is 0. The average Bonchev–Trinajstić information content (AvgIpc) is 2.33. The number of carboxylic acid groups (broad SMARTS) is 1. The summed E-state index contributed by atoms with van der Waals surface area (Å²) >= 11 is 23.2. The smallest absolute Gasteiger partial charge is 0.336 e. The Morgan fingerprint density at radius 1 is 1.21 bits per heavy atom. The highest BCUT2D eigenvalue weighted by molar-refractivity contribution is 6.67. The van der Waals surface area contributed by atoms with E-state index in [4.69, 9.17) is 51.5 Å². The predicted molar refractivity (Wildman–Crippen MR) is 80.8 cm³/mol. The van der Waals surface area contributed by atoms with Gasteiger partial charge >= 0.3 is 5.97 Å². The van der Waals surface area contributed by atoms with Crippen LogP contribution in [0.5, 0.6) is 0 Å². The van der Waals surface area contributed by atoms with Gasteiger partial charge in [-0.3, -0.25) is 0 Å². The van der Waals surface area contributed by atoms with Gasteiger partial charge in [-0.1, -0.05) is 59.4 Å². The minimum Gasteiger partial charge on any atom is -0.478 e. The molecule has 1 aromatic carbocycles. The van der Waals surface area contributed by atoms with Crippen LogP contribution in [0.1, 0.15) is 47.0 Å². The zero-order chi connectivity index (χ0) is 14.5. The maximum atomic E-state index is 11.1. The molecule has 1 atom stereocenters. The molecule has 1 rings (SSSR count). The fraction of sp³-hybridized carbons (Fsp3) is 0.462. The Hall–Kier alpha value is -0.150. The van der Waals surface area contributed by atoms with Crippen molar-refractivity contribution in [3.63, 3.8) is 0 Å². The second kappa shape index (κ2) is 7.58. The van der Waals surface area contributed by atoms with Crippen LogP contribution in [0.3, 0.4) is 0 Å². The van der Waals surface area contributed by atoms with Crippen LogP contribution in [-0.2, 0) is 0 Å². The number of hydrogen-bond donors (Lipinski definition) is 1. The average molecular weight is 344 g/mol. The number of aromatic carboxylic acids is 1. The number of unbranched alkanes of at least 4 members (excludes halogenated alkanes) is 1. The van der Waals surface area contributed by atoms with Gasteiger partial charge in [-0.25, -0.2) is 4.79 Å². The molecule has 0 spiro atoms. The first-order valence-corrected chi connectivity index (χ1v) is 7.41. The van der Waals surface area contributed by atoms with Gasteiger partial charge in [0.1, 0.15) is 0 Å². The van der Waals surface area contributed by atoms with Crippen molar-refractivity contribution >= 4 is 52.4 Å². The number of halogens is 4. The van der Waals surface area contributed by atoms with Gasteiger partial charge in [0, 0.05) is 0 Å². The van der Waals surface area contributed by atoms with Gasteiger partial charge in [-0.05, 0) is 30.9 Å². The number of alkyl halides is 4. The van der Waals surface area contributed by atoms with Crippen LogP contribution in [0.15, 0.2) is 24.3 Å². The highest BCUT2D eigenvalue weighted by Gasteiger charge is 2.20. The first kappa shape index (κ1) is 16.9. The number of carbonyl (C=O) groups is 1. The molecule has 19 heavy (non-hydrogen) atoms. The third kappa shape index (κ3) is 6.22. The molecule has 1 N–H and O–H groups in total. The van der Waals surface area contributed by atoms with Crippen LogP contribution in [0.4, 0.5) is 0 Å². The number of hydrogen-bond acceptors (Lipinski definition) is 1. The molecule has 0 fully saturated rings. The highest BCUT2D eigenvalue weighted by Crippen LogP contribution is 2.34. The molecule has 0 amide bonds. The molecule has 0 heterocycles. The van der Waals surface area contributed by atoms with Gasteiger partial charge < -0.3 is 5.11 Å². The van der Waals surface area contributed by atoms with Gasteiger partial charge in [-0.2, -0.15) is 0 Å². The summed E-state index contributed by atoms with van der Waals surface area (Å²) in [5.41, 5.74) is 0.870. The van der Waals surface area contributed by atoms with Crippen LogP contribution in [0.2, 0.25) is 0 Å². The molecule has 6 heteroatoms. The number of benzene rings is 1. The van der Waals surface area contributed by atoms with Crippen molar-refractivity contribution in [3.05, 3.63) is 35.4 Å². The van der Waals surface area contributed by atoms with Gasteiger partial charge in [0.15, 0.2) is 3.79 Å². The van der Waals surface area contributed by atoms with Crippen LogP contribution in [0.25, 0.3) is 0 Å². The largest absolute Gasteiger partial charge is 0.478 e. The molecular weight excluding hydrogens is 330 g/mol. The summed E-state index contributed by atoms with van der Waals surface area (Å²) in [5.74, 6) is -0.970. The van der Waals surface area contributed by atoms with E-state index in [0.717, 1.165) is 12.8 Å². The van der Waals surface area contributed by atoms with E-state index in [2.05, 4.69) is 0 Å². The van der Waals surface area contributed by atoms with E-state index in [1.807, 2.05) is 0 Å². The highest BCUT2D eigenvalue weighted by atomic mass is 35.6. The van der Waals surface area contributed by atoms with Crippen LogP contribution < -0.4 is 0 Å². The molecule has 0 aliphatic carbocycles. The monoisotopic (exact) mass is 342 g/mol. The molecule has 0 saturated carbocycles. The Bertz CT molecular complexity index is 429. The molecule has 0 bridgehead atoms. The van der Waals surface area contributed by atoms with E-state index in [1.165, 1.54) is 0 Å². The Balaban J connectivity index is 2.54. The van der Waals surface area contributed by atoms with Crippen molar-refractivity contribution in [2.45, 2.75) is 34.9 Å². The summed E-state index contributed by atoms with van der Waals surface area (Å²) in [6.45, 7) is 0. The van der Waals surface area contributed by atoms with Gasteiger partial charge in [-0.15, -0.1) is 11.6 Å². The van der Waals surface area contributed by atoms with Crippen molar-refractivity contribution in [2.75, 3.05) is 0 Å². The van der Waals surface area contributed by atoms with Crippen LogP contribution in [-0.4, -0.2) is 14.9 Å². The topological polar surface area (TPSA) is 37.3 Å². The molecule has 0 saturated heterocycles. The van der Waals surface area contributed by atoms with Crippen molar-refractivity contribution < 1.29 is 9.90 Å². The van der Waals surface area contributed by atoms with Crippen molar-refractivity contribution in [3.8, 4) is 0 Å². The fourth-order valence-corrected chi connectivity index (χ4v) is 2.51. The maximum absolute atomic E-state index is 11.1. The summed E-state index contributed by atoms with van der Waals surface area (Å²) in [5, 5.41) is 8.74. The molecular formula is C13H14Cl4O2. The zero-order valence-corrected chi connectivity index (χ0v) is 13.1. The van der Waals surface area contributed by atoms with Crippen molar-refractivity contribution in [2.24, 2.45) is 0 Å². The van der Waals surface area contributed by atoms with E-state index in [-0.39, 0.29) is 10.9 Å². The second-order valence-corrected chi connectivity index (χ2v) is 7.26.